The van der Waals surface area contributed by atoms with Crippen LogP contribution in [-0.4, -0.2) is 27.9 Å². The number of amides is 3. The number of imide groups is 1. The highest BCUT2D eigenvalue weighted by Gasteiger charge is 2.19. The summed E-state index contributed by atoms with van der Waals surface area (Å²) in [6.45, 7) is 3.57. The molecule has 0 unspecified atom stereocenters. The smallest absolute Gasteiger partial charge is 0.376 e. The Morgan fingerprint density at radius 1 is 1.36 bits per heavy atom. The number of carbonyl (C=O) groups is 3. The molecule has 0 fully saturated rings. The second-order valence-corrected chi connectivity index (χ2v) is 4.74. The number of aryl methyl sites for hydroxylation is 1. The normalized spacial score (nSPS) is 10.5. The van der Waals surface area contributed by atoms with Crippen LogP contribution in [0.3, 0.4) is 0 Å². The molecule has 3 amide bonds. The molecule has 1 aromatic carbocycles. The van der Waals surface area contributed by atoms with Crippen molar-refractivity contribution in [3.05, 3.63) is 23.3 Å². The van der Waals surface area contributed by atoms with Crippen molar-refractivity contribution in [3.8, 4) is 6.01 Å². The van der Waals surface area contributed by atoms with E-state index in [1.165, 1.54) is 0 Å². The Morgan fingerprint density at radius 2 is 2.09 bits per heavy atom. The van der Waals surface area contributed by atoms with Crippen LogP contribution in [0.5, 0.6) is 6.01 Å². The summed E-state index contributed by atoms with van der Waals surface area (Å²) >= 11 is 0. The van der Waals surface area contributed by atoms with Crippen LogP contribution in [0, 0.1) is 6.92 Å². The molecule has 0 spiro atoms. The van der Waals surface area contributed by atoms with E-state index in [1.54, 1.807) is 19.1 Å². The van der Waals surface area contributed by atoms with Crippen LogP contribution in [-0.2, 0) is 4.79 Å². The summed E-state index contributed by atoms with van der Waals surface area (Å²) in [6, 6.07) is 3.28. The first-order chi connectivity index (χ1) is 10.4. The largest absolute Gasteiger partial charge is 0.412 e. The van der Waals surface area contributed by atoms with Gasteiger partial charge in [-0.15, -0.1) is 0 Å². The summed E-state index contributed by atoms with van der Waals surface area (Å²) in [7, 11) is 0. The van der Waals surface area contributed by atoms with Crippen molar-refractivity contribution in [3.63, 3.8) is 0 Å². The standard InChI is InChI=1S/C14H16N4O4/c1-3-4-9(19)17-12(20)10-7(2)5-6-8-11(10)18-14(16-8)22-13(15)21/h5-6H,3-4H2,1-2H3,(H2,15,21)(H,16,18)(H,17,19,20). The van der Waals surface area contributed by atoms with E-state index in [4.69, 9.17) is 5.73 Å². The van der Waals surface area contributed by atoms with Gasteiger partial charge in [0, 0.05) is 6.42 Å². The third kappa shape index (κ3) is 3.22. The molecule has 0 radical (unpaired) electrons. The first-order valence-corrected chi connectivity index (χ1v) is 6.73. The van der Waals surface area contributed by atoms with Gasteiger partial charge in [-0.05, 0) is 25.0 Å². The van der Waals surface area contributed by atoms with Crippen molar-refractivity contribution in [1.29, 1.82) is 0 Å². The second kappa shape index (κ2) is 6.25. The fraction of sp³-hybridized carbons (Fsp3) is 0.286. The topological polar surface area (TPSA) is 127 Å². The summed E-state index contributed by atoms with van der Waals surface area (Å²) in [5.74, 6) is -0.897. The van der Waals surface area contributed by atoms with Crippen molar-refractivity contribution in [2.45, 2.75) is 26.7 Å². The summed E-state index contributed by atoms with van der Waals surface area (Å²) in [4.78, 5) is 41.4. The molecule has 0 bridgehead atoms. The van der Waals surface area contributed by atoms with Crippen molar-refractivity contribution >= 4 is 28.9 Å². The lowest BCUT2D eigenvalue weighted by molar-refractivity contribution is -0.120. The van der Waals surface area contributed by atoms with Crippen molar-refractivity contribution < 1.29 is 19.1 Å². The third-order valence-corrected chi connectivity index (χ3v) is 3.00. The Balaban J connectivity index is 2.40. The maximum atomic E-state index is 12.3. The van der Waals surface area contributed by atoms with Gasteiger partial charge in [0.1, 0.15) is 5.52 Å². The second-order valence-electron chi connectivity index (χ2n) is 4.74. The number of imidazole rings is 1. The van der Waals surface area contributed by atoms with Crippen LogP contribution >= 0.6 is 0 Å². The number of rotatable bonds is 4. The Kier molecular flexibility index (Phi) is 4.40. The van der Waals surface area contributed by atoms with Gasteiger partial charge < -0.3 is 15.5 Å². The van der Waals surface area contributed by atoms with Crippen LogP contribution in [0.4, 0.5) is 4.79 Å². The summed E-state index contributed by atoms with van der Waals surface area (Å²) in [5.41, 5.74) is 6.62. The number of nitrogens with zero attached hydrogens (tertiary/aromatic N) is 1. The average Bonchev–Trinajstić information content (AvgIpc) is 2.79. The highest BCUT2D eigenvalue weighted by Crippen LogP contribution is 2.23. The van der Waals surface area contributed by atoms with Gasteiger partial charge in [-0.2, -0.15) is 4.98 Å². The zero-order chi connectivity index (χ0) is 16.3. The zero-order valence-electron chi connectivity index (χ0n) is 12.2. The van der Waals surface area contributed by atoms with E-state index in [9.17, 15) is 14.4 Å². The van der Waals surface area contributed by atoms with Crippen molar-refractivity contribution in [2.75, 3.05) is 0 Å². The van der Waals surface area contributed by atoms with Crippen molar-refractivity contribution in [1.82, 2.24) is 15.3 Å². The minimum Gasteiger partial charge on any atom is -0.376 e. The van der Waals surface area contributed by atoms with Crippen LogP contribution < -0.4 is 15.8 Å². The predicted molar refractivity (Wildman–Crippen MR) is 78.4 cm³/mol. The van der Waals surface area contributed by atoms with Gasteiger partial charge in [0.05, 0.1) is 11.1 Å². The minimum absolute atomic E-state index is 0.109. The van der Waals surface area contributed by atoms with Gasteiger partial charge in [-0.25, -0.2) is 4.79 Å². The van der Waals surface area contributed by atoms with Gasteiger partial charge in [0.2, 0.25) is 5.91 Å². The number of nitrogens with one attached hydrogen (secondary N) is 2. The molecule has 8 heteroatoms. The molecule has 4 N–H and O–H groups in total. The van der Waals surface area contributed by atoms with Gasteiger partial charge >= 0.3 is 12.1 Å². The van der Waals surface area contributed by atoms with E-state index in [0.29, 0.717) is 23.0 Å². The lowest BCUT2D eigenvalue weighted by Gasteiger charge is -2.06. The zero-order valence-corrected chi connectivity index (χ0v) is 12.2. The summed E-state index contributed by atoms with van der Waals surface area (Å²) in [6.07, 6.45) is -0.113. The number of nitrogens with two attached hydrogens (primary N) is 1. The number of carbonyl (C=O) groups excluding carboxylic acids is 3. The molecule has 22 heavy (non-hydrogen) atoms. The molecule has 1 heterocycles. The minimum atomic E-state index is -1.01. The molecule has 0 aliphatic rings. The van der Waals surface area contributed by atoms with E-state index in [1.807, 2.05) is 6.92 Å². The molecule has 1 aromatic heterocycles. The van der Waals surface area contributed by atoms with E-state index in [-0.39, 0.29) is 23.9 Å². The molecule has 0 saturated heterocycles. The molecule has 0 saturated carbocycles. The fourth-order valence-corrected chi connectivity index (χ4v) is 2.06. The molecule has 8 nitrogen and oxygen atoms in total. The molecule has 0 atom stereocenters. The fourth-order valence-electron chi connectivity index (χ4n) is 2.06. The lowest BCUT2D eigenvalue weighted by atomic mass is 10.1. The molecule has 2 rings (SSSR count). The van der Waals surface area contributed by atoms with Gasteiger partial charge in [-0.3, -0.25) is 14.9 Å². The van der Waals surface area contributed by atoms with Crippen LogP contribution in [0.15, 0.2) is 12.1 Å². The Hall–Kier alpha value is -2.90. The molecule has 116 valence electrons. The predicted octanol–water partition coefficient (Wildman–Crippen LogP) is 1.39. The molecule has 2 aromatic rings. The molecule has 0 aliphatic carbocycles. The van der Waals surface area contributed by atoms with Crippen LogP contribution in [0.25, 0.3) is 11.0 Å². The summed E-state index contributed by atoms with van der Waals surface area (Å²) in [5, 5.41) is 2.32. The number of ether oxygens (including phenoxy) is 1. The Morgan fingerprint density at radius 3 is 2.73 bits per heavy atom. The summed E-state index contributed by atoms with van der Waals surface area (Å²) < 4.78 is 4.67. The lowest BCUT2D eigenvalue weighted by Crippen LogP contribution is -2.30. The number of hydrogen-bond donors (Lipinski definition) is 3. The SMILES string of the molecule is CCCC(=O)NC(=O)c1c(C)ccc2[nH]c(OC(N)=O)nc12. The molecular formula is C14H16N4O4. The highest BCUT2D eigenvalue weighted by atomic mass is 16.6. The first-order valence-electron chi connectivity index (χ1n) is 6.73. The monoisotopic (exact) mass is 304 g/mol. The number of hydrogen-bond acceptors (Lipinski definition) is 5. The van der Waals surface area contributed by atoms with Gasteiger partial charge in [-0.1, -0.05) is 13.0 Å². The number of primary amides is 1. The van der Waals surface area contributed by atoms with E-state index in [2.05, 4.69) is 20.0 Å². The van der Waals surface area contributed by atoms with Crippen molar-refractivity contribution in [2.24, 2.45) is 5.73 Å². The maximum absolute atomic E-state index is 12.3. The molecule has 0 aliphatic heterocycles. The van der Waals surface area contributed by atoms with Gasteiger partial charge in [0.15, 0.2) is 0 Å². The van der Waals surface area contributed by atoms with E-state index < -0.39 is 12.0 Å². The van der Waals surface area contributed by atoms with E-state index in [0.717, 1.165) is 0 Å². The van der Waals surface area contributed by atoms with Crippen LogP contribution in [0.1, 0.15) is 35.7 Å². The number of H-pyrrole nitrogens is 1. The van der Waals surface area contributed by atoms with E-state index >= 15 is 0 Å². The number of aromatic amines is 1. The number of fused-ring (bicyclic) bond motifs is 1. The Labute approximate surface area is 126 Å². The number of benzene rings is 1. The Bertz CT molecular complexity index is 751. The van der Waals surface area contributed by atoms with Crippen LogP contribution in [0.2, 0.25) is 0 Å². The third-order valence-electron chi connectivity index (χ3n) is 3.00. The quantitative estimate of drug-likeness (QED) is 0.786. The van der Waals surface area contributed by atoms with Gasteiger partial charge in [0.25, 0.3) is 5.91 Å². The average molecular weight is 304 g/mol. The number of aromatic nitrogens is 2. The highest BCUT2D eigenvalue weighted by molar-refractivity contribution is 6.12. The first kappa shape index (κ1) is 15.5. The maximum Gasteiger partial charge on any atom is 0.412 e. The molecular weight excluding hydrogens is 288 g/mol.